The van der Waals surface area contributed by atoms with Crippen LogP contribution in [0.15, 0.2) is 65.9 Å². The Labute approximate surface area is 149 Å². The fourth-order valence-corrected chi connectivity index (χ4v) is 3.30. The largest absolute Gasteiger partial charge is 0.368 e. The SMILES string of the molecule is Nc1nccc(Nc2ccc3c(c2)C(c2ccc4[nH]ccc4c2)=NC3)n1. The quantitative estimate of drug-likeness (QED) is 0.531. The van der Waals surface area contributed by atoms with Crippen LogP contribution in [0.25, 0.3) is 10.9 Å². The normalized spacial score (nSPS) is 12.8. The van der Waals surface area contributed by atoms with Gasteiger partial charge in [0.25, 0.3) is 0 Å². The molecule has 2 aromatic carbocycles. The number of aromatic amines is 1. The molecule has 126 valence electrons. The summed E-state index contributed by atoms with van der Waals surface area (Å²) in [5, 5.41) is 4.47. The number of nitrogen functional groups attached to an aromatic ring is 1. The number of nitrogens with zero attached hydrogens (tertiary/aromatic N) is 3. The van der Waals surface area contributed by atoms with E-state index < -0.39 is 0 Å². The average molecular weight is 340 g/mol. The lowest BCUT2D eigenvalue weighted by Gasteiger charge is -2.10. The summed E-state index contributed by atoms with van der Waals surface area (Å²) in [7, 11) is 0. The first kappa shape index (κ1) is 14.7. The zero-order valence-electron chi connectivity index (χ0n) is 13.9. The minimum Gasteiger partial charge on any atom is -0.368 e. The number of anilines is 3. The molecule has 0 spiro atoms. The molecule has 3 heterocycles. The number of nitrogens with one attached hydrogen (secondary N) is 2. The maximum Gasteiger partial charge on any atom is 0.221 e. The van der Waals surface area contributed by atoms with Gasteiger partial charge in [0.1, 0.15) is 5.82 Å². The third kappa shape index (κ3) is 2.48. The van der Waals surface area contributed by atoms with Crippen molar-refractivity contribution < 1.29 is 0 Å². The van der Waals surface area contributed by atoms with Gasteiger partial charge in [-0.2, -0.15) is 4.98 Å². The summed E-state index contributed by atoms with van der Waals surface area (Å²) in [6, 6.07) is 16.5. The Morgan fingerprint density at radius 1 is 1.04 bits per heavy atom. The standard InChI is InChI=1S/C20H16N6/c21-20-23-8-6-18(26-20)25-15-3-1-14-11-24-19(16(14)10-15)13-2-4-17-12(9-13)5-7-22-17/h1-10,22H,11H2,(H3,21,23,25,26). The molecule has 0 bridgehead atoms. The monoisotopic (exact) mass is 340 g/mol. The van der Waals surface area contributed by atoms with Crippen LogP contribution in [0, 0.1) is 0 Å². The van der Waals surface area contributed by atoms with Gasteiger partial charge < -0.3 is 16.0 Å². The zero-order chi connectivity index (χ0) is 17.5. The third-order valence-electron chi connectivity index (χ3n) is 4.55. The van der Waals surface area contributed by atoms with Gasteiger partial charge in [-0.05, 0) is 42.0 Å². The number of aromatic nitrogens is 3. The highest BCUT2D eigenvalue weighted by atomic mass is 15.1. The molecule has 0 fully saturated rings. The summed E-state index contributed by atoms with van der Waals surface area (Å²) in [6.45, 7) is 0.705. The van der Waals surface area contributed by atoms with Gasteiger partial charge in [-0.1, -0.05) is 12.1 Å². The molecule has 0 saturated heterocycles. The van der Waals surface area contributed by atoms with Crippen LogP contribution in [-0.2, 0) is 6.54 Å². The number of hydrogen-bond acceptors (Lipinski definition) is 5. The predicted octanol–water partition coefficient (Wildman–Crippen LogP) is 3.63. The Morgan fingerprint density at radius 2 is 2.00 bits per heavy atom. The number of nitrogens with two attached hydrogens (primary N) is 1. The number of hydrogen-bond donors (Lipinski definition) is 3. The molecule has 0 saturated carbocycles. The molecule has 0 amide bonds. The third-order valence-corrected chi connectivity index (χ3v) is 4.55. The molecule has 6 heteroatoms. The number of benzene rings is 2. The van der Waals surface area contributed by atoms with Crippen LogP contribution in [0.4, 0.5) is 17.5 Å². The van der Waals surface area contributed by atoms with E-state index in [2.05, 4.69) is 56.7 Å². The Hall–Kier alpha value is -3.67. The summed E-state index contributed by atoms with van der Waals surface area (Å²) < 4.78 is 0. The number of fused-ring (bicyclic) bond motifs is 2. The Morgan fingerprint density at radius 3 is 2.92 bits per heavy atom. The minimum atomic E-state index is 0.248. The first-order chi connectivity index (χ1) is 12.8. The topological polar surface area (TPSA) is 92.0 Å². The second-order valence-electron chi connectivity index (χ2n) is 6.24. The molecule has 1 aliphatic heterocycles. The van der Waals surface area contributed by atoms with Gasteiger partial charge in [-0.25, -0.2) is 4.98 Å². The Bertz CT molecular complexity index is 1160. The van der Waals surface area contributed by atoms with Crippen LogP contribution >= 0.6 is 0 Å². The lowest BCUT2D eigenvalue weighted by Crippen LogP contribution is -2.03. The van der Waals surface area contributed by atoms with Gasteiger partial charge in [-0.15, -0.1) is 0 Å². The molecule has 2 aromatic heterocycles. The molecule has 4 N–H and O–H groups in total. The minimum absolute atomic E-state index is 0.248. The molecular weight excluding hydrogens is 324 g/mol. The van der Waals surface area contributed by atoms with Crippen molar-refractivity contribution in [3.63, 3.8) is 0 Å². The summed E-state index contributed by atoms with van der Waals surface area (Å²) in [6.07, 6.45) is 3.59. The van der Waals surface area contributed by atoms with Gasteiger partial charge in [0.15, 0.2) is 0 Å². The first-order valence-electron chi connectivity index (χ1n) is 8.37. The van der Waals surface area contributed by atoms with Crippen molar-refractivity contribution in [1.82, 2.24) is 15.0 Å². The highest BCUT2D eigenvalue weighted by molar-refractivity contribution is 6.16. The van der Waals surface area contributed by atoms with E-state index in [-0.39, 0.29) is 5.95 Å². The summed E-state index contributed by atoms with van der Waals surface area (Å²) in [4.78, 5) is 16.1. The van der Waals surface area contributed by atoms with E-state index in [9.17, 15) is 0 Å². The van der Waals surface area contributed by atoms with Gasteiger partial charge in [-0.3, -0.25) is 4.99 Å². The van der Waals surface area contributed by atoms with Gasteiger partial charge >= 0.3 is 0 Å². The van der Waals surface area contributed by atoms with E-state index >= 15 is 0 Å². The molecule has 6 nitrogen and oxygen atoms in total. The van der Waals surface area contributed by atoms with Gasteiger partial charge in [0, 0.05) is 40.1 Å². The van der Waals surface area contributed by atoms with E-state index in [1.807, 2.05) is 12.3 Å². The fourth-order valence-electron chi connectivity index (χ4n) is 3.30. The molecule has 0 unspecified atom stereocenters. The Kier molecular flexibility index (Phi) is 3.21. The molecule has 4 aromatic rings. The van der Waals surface area contributed by atoms with E-state index in [1.54, 1.807) is 12.3 Å². The fraction of sp³-hybridized carbons (Fsp3) is 0.0500. The molecule has 0 aliphatic carbocycles. The van der Waals surface area contributed by atoms with Crippen LogP contribution < -0.4 is 11.1 Å². The second-order valence-corrected chi connectivity index (χ2v) is 6.24. The molecule has 26 heavy (non-hydrogen) atoms. The summed E-state index contributed by atoms with van der Waals surface area (Å²) in [5.41, 5.74) is 12.2. The zero-order valence-corrected chi connectivity index (χ0v) is 13.9. The lowest BCUT2D eigenvalue weighted by atomic mass is 9.98. The van der Waals surface area contributed by atoms with E-state index in [0.717, 1.165) is 28.0 Å². The highest BCUT2D eigenvalue weighted by Crippen LogP contribution is 2.28. The van der Waals surface area contributed by atoms with Crippen LogP contribution in [0.5, 0.6) is 0 Å². The van der Waals surface area contributed by atoms with Crippen molar-refractivity contribution in [1.29, 1.82) is 0 Å². The summed E-state index contributed by atoms with van der Waals surface area (Å²) in [5.74, 6) is 0.917. The Balaban J connectivity index is 1.51. The average Bonchev–Trinajstić information content (AvgIpc) is 3.27. The molecular formula is C20H16N6. The van der Waals surface area contributed by atoms with Crippen LogP contribution in [-0.4, -0.2) is 20.7 Å². The van der Waals surface area contributed by atoms with Crippen molar-refractivity contribution in [2.75, 3.05) is 11.1 Å². The number of H-pyrrole nitrogens is 1. The molecule has 5 rings (SSSR count). The van der Waals surface area contributed by atoms with E-state index in [4.69, 9.17) is 10.7 Å². The van der Waals surface area contributed by atoms with E-state index in [0.29, 0.717) is 12.4 Å². The van der Waals surface area contributed by atoms with E-state index in [1.165, 1.54) is 10.9 Å². The van der Waals surface area contributed by atoms with Crippen molar-refractivity contribution in [3.8, 4) is 0 Å². The number of rotatable bonds is 3. The lowest BCUT2D eigenvalue weighted by molar-refractivity contribution is 1.11. The van der Waals surface area contributed by atoms with Crippen molar-refractivity contribution >= 4 is 34.1 Å². The smallest absolute Gasteiger partial charge is 0.221 e. The maximum atomic E-state index is 5.65. The van der Waals surface area contributed by atoms with Crippen LogP contribution in [0.1, 0.15) is 16.7 Å². The predicted molar refractivity (Wildman–Crippen MR) is 104 cm³/mol. The van der Waals surface area contributed by atoms with Crippen LogP contribution in [0.2, 0.25) is 0 Å². The van der Waals surface area contributed by atoms with Crippen molar-refractivity contribution in [3.05, 3.63) is 77.6 Å². The molecule has 0 atom stereocenters. The van der Waals surface area contributed by atoms with Gasteiger partial charge in [0.2, 0.25) is 5.95 Å². The van der Waals surface area contributed by atoms with Crippen molar-refractivity contribution in [2.24, 2.45) is 4.99 Å². The summed E-state index contributed by atoms with van der Waals surface area (Å²) >= 11 is 0. The highest BCUT2D eigenvalue weighted by Gasteiger charge is 2.18. The first-order valence-corrected chi connectivity index (χ1v) is 8.37. The number of aliphatic imine (C=N–C) groups is 1. The second kappa shape index (κ2) is 5.70. The maximum absolute atomic E-state index is 5.65. The van der Waals surface area contributed by atoms with Gasteiger partial charge in [0.05, 0.1) is 12.3 Å². The van der Waals surface area contributed by atoms with Crippen LogP contribution in [0.3, 0.4) is 0 Å². The molecule has 1 aliphatic rings. The van der Waals surface area contributed by atoms with Crippen molar-refractivity contribution in [2.45, 2.75) is 6.54 Å². The molecule has 0 radical (unpaired) electrons.